The molecule has 0 aromatic heterocycles. The number of aliphatic carboxylic acids is 1. The maximum atomic E-state index is 13.5. The first-order chi connectivity index (χ1) is 14.4. The van der Waals surface area contributed by atoms with Crippen LogP contribution in [-0.4, -0.2) is 23.2 Å². The Labute approximate surface area is 187 Å². The van der Waals surface area contributed by atoms with Crippen molar-refractivity contribution in [1.82, 2.24) is 0 Å². The van der Waals surface area contributed by atoms with Gasteiger partial charge in [-0.15, -0.1) is 0 Å². The van der Waals surface area contributed by atoms with Crippen LogP contribution in [0.1, 0.15) is 36.8 Å². The molecule has 1 fully saturated rings. The van der Waals surface area contributed by atoms with Gasteiger partial charge in [-0.1, -0.05) is 42.3 Å². The molecule has 0 spiro atoms. The number of halogens is 5. The molecule has 0 saturated heterocycles. The number of alkyl halides is 3. The Kier molecular flexibility index (Phi) is 6.58. The summed E-state index contributed by atoms with van der Waals surface area (Å²) in [5.74, 6) is -5.19. The molecule has 0 bridgehead atoms. The molecule has 1 aliphatic carbocycles. The van der Waals surface area contributed by atoms with Crippen molar-refractivity contribution in [3.63, 3.8) is 0 Å². The predicted octanol–water partition coefficient (Wildman–Crippen LogP) is 6.32. The Morgan fingerprint density at radius 3 is 2.26 bits per heavy atom. The molecule has 2 aromatic rings. The van der Waals surface area contributed by atoms with Crippen LogP contribution in [0.4, 0.5) is 18.9 Å². The lowest BCUT2D eigenvalue weighted by Crippen LogP contribution is -2.34. The Morgan fingerprint density at radius 1 is 1.13 bits per heavy atom. The highest BCUT2D eigenvalue weighted by atomic mass is 35.5. The molecule has 0 heterocycles. The number of carbonyl (C=O) groups excluding carboxylic acids is 1. The van der Waals surface area contributed by atoms with Crippen LogP contribution in [0.25, 0.3) is 0 Å². The van der Waals surface area contributed by atoms with E-state index in [1.165, 1.54) is 42.5 Å². The number of benzene rings is 2. The quantitative estimate of drug-likeness (QED) is 0.494. The molecule has 3 rings (SSSR count). The second kappa shape index (κ2) is 8.71. The van der Waals surface area contributed by atoms with Crippen LogP contribution in [0.2, 0.25) is 10.0 Å². The van der Waals surface area contributed by atoms with Crippen molar-refractivity contribution in [2.45, 2.75) is 38.3 Å². The average molecular weight is 474 g/mol. The van der Waals surface area contributed by atoms with Gasteiger partial charge < -0.3 is 10.4 Å². The van der Waals surface area contributed by atoms with Crippen molar-refractivity contribution in [1.29, 1.82) is 0 Å². The minimum absolute atomic E-state index is 0.184. The van der Waals surface area contributed by atoms with E-state index in [1.54, 1.807) is 0 Å². The van der Waals surface area contributed by atoms with Crippen LogP contribution in [0.3, 0.4) is 0 Å². The summed E-state index contributed by atoms with van der Waals surface area (Å²) >= 11 is 12.0. The lowest BCUT2D eigenvalue weighted by molar-refractivity contribution is -0.178. The van der Waals surface area contributed by atoms with Crippen LogP contribution in [0.15, 0.2) is 42.5 Å². The molecule has 2 atom stereocenters. The van der Waals surface area contributed by atoms with E-state index in [0.717, 1.165) is 6.92 Å². The lowest BCUT2D eigenvalue weighted by Gasteiger charge is -2.26. The Bertz CT molecular complexity index is 988. The molecule has 0 radical (unpaired) electrons. The third-order valence-electron chi connectivity index (χ3n) is 5.68. The molecule has 31 heavy (non-hydrogen) atoms. The lowest BCUT2D eigenvalue weighted by atomic mass is 9.85. The number of carbonyl (C=O) groups is 2. The van der Waals surface area contributed by atoms with Gasteiger partial charge in [0.2, 0.25) is 5.91 Å². The van der Waals surface area contributed by atoms with Gasteiger partial charge in [0.15, 0.2) is 0 Å². The van der Waals surface area contributed by atoms with E-state index in [9.17, 15) is 27.9 Å². The number of amides is 1. The third kappa shape index (κ3) is 5.33. The van der Waals surface area contributed by atoms with Gasteiger partial charge in [-0.05, 0) is 60.7 Å². The zero-order valence-corrected chi connectivity index (χ0v) is 18.0. The van der Waals surface area contributed by atoms with E-state index in [2.05, 4.69) is 5.32 Å². The molecular formula is C22H20Cl2F3NO3. The molecular weight excluding hydrogens is 454 g/mol. The maximum Gasteiger partial charge on any atom is 0.392 e. The minimum Gasteiger partial charge on any atom is -0.481 e. The molecule has 1 saturated carbocycles. The summed E-state index contributed by atoms with van der Waals surface area (Å²) < 4.78 is 40.4. The van der Waals surface area contributed by atoms with Crippen molar-refractivity contribution < 1.29 is 27.9 Å². The number of nitrogens with one attached hydrogen (secondary N) is 1. The summed E-state index contributed by atoms with van der Waals surface area (Å²) in [5, 5.41) is 12.6. The number of anilines is 1. The third-order valence-corrected chi connectivity index (χ3v) is 6.30. The summed E-state index contributed by atoms with van der Waals surface area (Å²) in [6.07, 6.45) is -3.36. The zero-order valence-electron chi connectivity index (χ0n) is 16.5. The van der Waals surface area contributed by atoms with Crippen molar-refractivity contribution in [2.75, 3.05) is 5.32 Å². The first-order valence-electron chi connectivity index (χ1n) is 9.58. The van der Waals surface area contributed by atoms with E-state index in [1.807, 2.05) is 0 Å². The van der Waals surface area contributed by atoms with Crippen molar-refractivity contribution >= 4 is 40.8 Å². The summed E-state index contributed by atoms with van der Waals surface area (Å²) in [7, 11) is 0. The molecule has 166 valence electrons. The SMILES string of the molecule is C[C@H]([C@H](C(=O)Nc1ccc(Cl)c(CC2(C(=O)O)CC2)c1)c1ccc(Cl)cc1)C(F)(F)F. The summed E-state index contributed by atoms with van der Waals surface area (Å²) in [5.41, 5.74) is 0.0806. The van der Waals surface area contributed by atoms with Crippen molar-refractivity contribution in [3.05, 3.63) is 63.6 Å². The highest BCUT2D eigenvalue weighted by Gasteiger charge is 2.50. The number of rotatable bonds is 7. The average Bonchev–Trinajstić information content (AvgIpc) is 3.46. The van der Waals surface area contributed by atoms with Gasteiger partial charge >= 0.3 is 12.1 Å². The number of hydrogen-bond acceptors (Lipinski definition) is 2. The predicted molar refractivity (Wildman–Crippen MR) is 113 cm³/mol. The molecule has 0 aliphatic heterocycles. The fraction of sp³-hybridized carbons (Fsp3) is 0.364. The molecule has 9 heteroatoms. The van der Waals surface area contributed by atoms with E-state index < -0.39 is 35.3 Å². The smallest absolute Gasteiger partial charge is 0.392 e. The highest BCUT2D eigenvalue weighted by molar-refractivity contribution is 6.31. The standard InChI is InChI=1S/C22H20Cl2F3NO3/c1-12(22(25,26)27)18(13-2-4-15(23)5-3-13)19(29)28-16-6-7-17(24)14(10-16)11-21(8-9-21)20(30)31/h2-7,10,12,18H,8-9,11H2,1H3,(H,28,29)(H,30,31)/t12-,18+/m1/s1. The zero-order chi connectivity index (χ0) is 23.0. The van der Waals surface area contributed by atoms with Crippen LogP contribution in [0, 0.1) is 11.3 Å². The van der Waals surface area contributed by atoms with Crippen LogP contribution in [0.5, 0.6) is 0 Å². The topological polar surface area (TPSA) is 66.4 Å². The fourth-order valence-corrected chi connectivity index (χ4v) is 3.83. The van der Waals surface area contributed by atoms with Gasteiger partial charge in [-0.3, -0.25) is 9.59 Å². The number of hydrogen-bond donors (Lipinski definition) is 2. The van der Waals surface area contributed by atoms with Crippen LogP contribution in [-0.2, 0) is 16.0 Å². The van der Waals surface area contributed by atoms with Crippen molar-refractivity contribution in [2.24, 2.45) is 11.3 Å². The minimum atomic E-state index is -4.59. The monoisotopic (exact) mass is 473 g/mol. The first kappa shape index (κ1) is 23.4. The van der Waals surface area contributed by atoms with Crippen molar-refractivity contribution in [3.8, 4) is 0 Å². The van der Waals surface area contributed by atoms with E-state index in [0.29, 0.717) is 28.5 Å². The Morgan fingerprint density at radius 2 is 1.74 bits per heavy atom. The summed E-state index contributed by atoms with van der Waals surface area (Å²) in [4.78, 5) is 24.4. The van der Waals surface area contributed by atoms with Gasteiger partial charge in [0.05, 0.1) is 17.3 Å². The van der Waals surface area contributed by atoms with Gasteiger partial charge in [-0.25, -0.2) is 0 Å². The van der Waals surface area contributed by atoms with E-state index in [-0.39, 0.29) is 17.7 Å². The molecule has 2 N–H and O–H groups in total. The second-order valence-electron chi connectivity index (χ2n) is 7.92. The molecule has 2 aromatic carbocycles. The van der Waals surface area contributed by atoms with Gasteiger partial charge in [0.25, 0.3) is 0 Å². The second-order valence-corrected chi connectivity index (χ2v) is 8.76. The number of carboxylic acid groups (broad SMARTS) is 1. The number of carboxylic acids is 1. The van der Waals surface area contributed by atoms with E-state index >= 15 is 0 Å². The Balaban J connectivity index is 1.87. The maximum absolute atomic E-state index is 13.5. The molecule has 0 unspecified atom stereocenters. The van der Waals surface area contributed by atoms with Crippen LogP contribution >= 0.6 is 23.2 Å². The van der Waals surface area contributed by atoms with Gasteiger partial charge in [-0.2, -0.15) is 13.2 Å². The van der Waals surface area contributed by atoms with Gasteiger partial charge in [0, 0.05) is 15.7 Å². The molecule has 1 amide bonds. The summed E-state index contributed by atoms with van der Waals surface area (Å²) in [6.45, 7) is 0.954. The highest BCUT2D eigenvalue weighted by Crippen LogP contribution is 2.49. The van der Waals surface area contributed by atoms with Gasteiger partial charge in [0.1, 0.15) is 0 Å². The van der Waals surface area contributed by atoms with E-state index in [4.69, 9.17) is 23.2 Å². The molecule has 4 nitrogen and oxygen atoms in total. The first-order valence-corrected chi connectivity index (χ1v) is 10.3. The Hall–Kier alpha value is -2.25. The van der Waals surface area contributed by atoms with Crippen LogP contribution < -0.4 is 5.32 Å². The molecule has 1 aliphatic rings. The summed E-state index contributed by atoms with van der Waals surface area (Å²) in [6, 6.07) is 10.1. The normalized spacial score (nSPS) is 17.0. The largest absolute Gasteiger partial charge is 0.481 e. The fourth-order valence-electron chi connectivity index (χ4n) is 3.52.